The van der Waals surface area contributed by atoms with Crippen LogP contribution in [0.2, 0.25) is 5.02 Å². The number of carboxylic acid groups (broad SMARTS) is 1. The first-order valence-electron chi connectivity index (χ1n) is 5.01. The monoisotopic (exact) mass is 266 g/mol. The highest BCUT2D eigenvalue weighted by Gasteiger charge is 2.12. The van der Waals surface area contributed by atoms with Crippen LogP contribution in [0.15, 0.2) is 24.4 Å². The van der Waals surface area contributed by atoms with Gasteiger partial charge in [-0.1, -0.05) is 11.6 Å². The average molecular weight is 267 g/mol. The summed E-state index contributed by atoms with van der Waals surface area (Å²) in [6, 6.07) is 4.17. The number of hydrogen-bond acceptors (Lipinski definition) is 3. The van der Waals surface area contributed by atoms with Crippen molar-refractivity contribution in [2.45, 2.75) is 6.92 Å². The summed E-state index contributed by atoms with van der Waals surface area (Å²) >= 11 is 5.99. The molecule has 0 aliphatic heterocycles. The molecule has 1 heterocycles. The van der Waals surface area contributed by atoms with Crippen molar-refractivity contribution >= 4 is 17.6 Å². The Labute approximate surface area is 107 Å². The second kappa shape index (κ2) is 4.70. The normalized spacial score (nSPS) is 10.4. The Morgan fingerprint density at radius 1 is 1.44 bits per heavy atom. The number of rotatable bonds is 2. The van der Waals surface area contributed by atoms with Crippen LogP contribution in [0, 0.1) is 12.7 Å². The SMILES string of the molecule is Cc1cc(Cl)c(-c2ccnc(C(=O)O)n2)cc1F. The molecule has 0 fully saturated rings. The molecule has 1 N–H and O–H groups in total. The molecule has 6 heteroatoms. The fraction of sp³-hybridized carbons (Fsp3) is 0.0833. The lowest BCUT2D eigenvalue weighted by atomic mass is 10.1. The van der Waals surface area contributed by atoms with Crippen LogP contribution in [0.3, 0.4) is 0 Å². The molecule has 0 saturated heterocycles. The lowest BCUT2D eigenvalue weighted by molar-refractivity contribution is 0.0683. The van der Waals surface area contributed by atoms with Crippen molar-refractivity contribution < 1.29 is 14.3 Å². The third kappa shape index (κ3) is 2.31. The van der Waals surface area contributed by atoms with Crippen LogP contribution in [-0.2, 0) is 0 Å². The minimum atomic E-state index is -1.25. The lowest BCUT2D eigenvalue weighted by Gasteiger charge is -2.06. The molecular weight excluding hydrogens is 259 g/mol. The molecule has 0 amide bonds. The Balaban J connectivity index is 2.58. The van der Waals surface area contributed by atoms with E-state index in [1.165, 1.54) is 24.4 Å². The molecule has 2 aromatic rings. The van der Waals surface area contributed by atoms with E-state index in [9.17, 15) is 9.18 Å². The van der Waals surface area contributed by atoms with Crippen molar-refractivity contribution in [2.75, 3.05) is 0 Å². The van der Waals surface area contributed by atoms with Gasteiger partial charge in [0.25, 0.3) is 0 Å². The molecule has 0 bridgehead atoms. The molecule has 1 aromatic carbocycles. The number of benzene rings is 1. The molecule has 18 heavy (non-hydrogen) atoms. The zero-order valence-corrected chi connectivity index (χ0v) is 10.1. The van der Waals surface area contributed by atoms with Crippen LogP contribution in [0.25, 0.3) is 11.3 Å². The second-order valence-electron chi connectivity index (χ2n) is 3.65. The quantitative estimate of drug-likeness (QED) is 0.908. The number of nitrogens with zero attached hydrogens (tertiary/aromatic N) is 2. The number of carbonyl (C=O) groups is 1. The van der Waals surface area contributed by atoms with Crippen LogP contribution < -0.4 is 0 Å². The summed E-state index contributed by atoms with van der Waals surface area (Å²) in [7, 11) is 0. The number of halogens is 2. The van der Waals surface area contributed by atoms with Gasteiger partial charge in [-0.2, -0.15) is 0 Å². The molecule has 0 aliphatic rings. The first kappa shape index (κ1) is 12.4. The van der Waals surface area contributed by atoms with Crippen LogP contribution in [0.4, 0.5) is 4.39 Å². The molecule has 0 radical (unpaired) electrons. The van der Waals surface area contributed by atoms with E-state index in [-0.39, 0.29) is 11.5 Å². The van der Waals surface area contributed by atoms with Gasteiger partial charge < -0.3 is 5.11 Å². The zero-order chi connectivity index (χ0) is 13.3. The first-order chi connectivity index (χ1) is 8.49. The van der Waals surface area contributed by atoms with E-state index < -0.39 is 11.8 Å². The summed E-state index contributed by atoms with van der Waals surface area (Å²) in [5.74, 6) is -2.03. The van der Waals surface area contributed by atoms with Gasteiger partial charge in [0.15, 0.2) is 0 Å². The van der Waals surface area contributed by atoms with Gasteiger partial charge in [0.1, 0.15) is 5.82 Å². The zero-order valence-electron chi connectivity index (χ0n) is 9.32. The van der Waals surface area contributed by atoms with Gasteiger partial charge in [-0.05, 0) is 30.7 Å². The molecule has 2 rings (SSSR count). The molecule has 0 spiro atoms. The van der Waals surface area contributed by atoms with E-state index in [0.717, 1.165) is 0 Å². The Morgan fingerprint density at radius 2 is 2.17 bits per heavy atom. The summed E-state index contributed by atoms with van der Waals surface area (Å²) in [5.41, 5.74) is 1.02. The van der Waals surface area contributed by atoms with E-state index in [0.29, 0.717) is 16.1 Å². The Hall–Kier alpha value is -2.01. The minimum Gasteiger partial charge on any atom is -0.475 e. The fourth-order valence-electron chi connectivity index (χ4n) is 1.45. The summed E-state index contributed by atoms with van der Waals surface area (Å²) in [4.78, 5) is 18.2. The Morgan fingerprint density at radius 3 is 2.83 bits per heavy atom. The molecule has 0 atom stereocenters. The smallest absolute Gasteiger partial charge is 0.373 e. The van der Waals surface area contributed by atoms with Crippen LogP contribution >= 0.6 is 11.6 Å². The largest absolute Gasteiger partial charge is 0.475 e. The number of hydrogen-bond donors (Lipinski definition) is 1. The van der Waals surface area contributed by atoms with Gasteiger partial charge in [0.2, 0.25) is 5.82 Å². The summed E-state index contributed by atoms with van der Waals surface area (Å²) in [5, 5.41) is 9.10. The van der Waals surface area contributed by atoms with E-state index in [1.807, 2.05) is 0 Å². The van der Waals surface area contributed by atoms with Gasteiger partial charge in [0, 0.05) is 11.8 Å². The third-order valence-corrected chi connectivity index (χ3v) is 2.68. The minimum absolute atomic E-state index is 0.270. The predicted molar refractivity (Wildman–Crippen MR) is 64.1 cm³/mol. The topological polar surface area (TPSA) is 63.1 Å². The van der Waals surface area contributed by atoms with Crippen LogP contribution in [0.5, 0.6) is 0 Å². The number of aromatic carboxylic acids is 1. The van der Waals surface area contributed by atoms with Gasteiger partial charge in [-0.15, -0.1) is 0 Å². The Bertz CT molecular complexity index is 631. The lowest BCUT2D eigenvalue weighted by Crippen LogP contribution is -2.04. The third-order valence-electron chi connectivity index (χ3n) is 2.37. The maximum Gasteiger partial charge on any atom is 0.373 e. The fourth-order valence-corrected chi connectivity index (χ4v) is 1.77. The first-order valence-corrected chi connectivity index (χ1v) is 5.39. The molecule has 0 saturated carbocycles. The van der Waals surface area contributed by atoms with Crippen molar-refractivity contribution in [1.82, 2.24) is 9.97 Å². The van der Waals surface area contributed by atoms with Crippen molar-refractivity contribution in [3.8, 4) is 11.3 Å². The van der Waals surface area contributed by atoms with E-state index in [2.05, 4.69) is 9.97 Å². The van der Waals surface area contributed by atoms with E-state index >= 15 is 0 Å². The number of aryl methyl sites for hydroxylation is 1. The maximum atomic E-state index is 13.5. The van der Waals surface area contributed by atoms with Crippen molar-refractivity contribution in [3.05, 3.63) is 46.6 Å². The van der Waals surface area contributed by atoms with E-state index in [1.54, 1.807) is 6.92 Å². The van der Waals surface area contributed by atoms with Crippen molar-refractivity contribution in [2.24, 2.45) is 0 Å². The van der Waals surface area contributed by atoms with Crippen LogP contribution in [0.1, 0.15) is 16.2 Å². The highest BCUT2D eigenvalue weighted by Crippen LogP contribution is 2.28. The van der Waals surface area contributed by atoms with Gasteiger partial charge >= 0.3 is 5.97 Å². The maximum absolute atomic E-state index is 13.5. The number of carboxylic acids is 1. The van der Waals surface area contributed by atoms with E-state index in [4.69, 9.17) is 16.7 Å². The molecule has 4 nitrogen and oxygen atoms in total. The van der Waals surface area contributed by atoms with Gasteiger partial charge in [-0.3, -0.25) is 0 Å². The Kier molecular flexibility index (Phi) is 3.25. The molecule has 0 unspecified atom stereocenters. The summed E-state index contributed by atoms with van der Waals surface area (Å²) < 4.78 is 13.5. The highest BCUT2D eigenvalue weighted by atomic mass is 35.5. The molecule has 0 aliphatic carbocycles. The molecular formula is C12H8ClFN2O2. The predicted octanol–water partition coefficient (Wildman–Crippen LogP) is 2.94. The molecule has 1 aromatic heterocycles. The standard InChI is InChI=1S/C12H8ClFN2O2/c1-6-4-8(13)7(5-9(6)14)10-2-3-15-11(16-10)12(17)18/h2-5H,1H3,(H,17,18). The van der Waals surface area contributed by atoms with Gasteiger partial charge in [-0.25, -0.2) is 19.2 Å². The highest BCUT2D eigenvalue weighted by molar-refractivity contribution is 6.33. The summed E-state index contributed by atoms with van der Waals surface area (Å²) in [6.45, 7) is 1.59. The second-order valence-corrected chi connectivity index (χ2v) is 4.06. The number of aromatic nitrogens is 2. The van der Waals surface area contributed by atoms with Gasteiger partial charge in [0.05, 0.1) is 10.7 Å². The van der Waals surface area contributed by atoms with Crippen molar-refractivity contribution in [3.63, 3.8) is 0 Å². The van der Waals surface area contributed by atoms with Crippen LogP contribution in [-0.4, -0.2) is 21.0 Å². The molecule has 92 valence electrons. The average Bonchev–Trinajstić information content (AvgIpc) is 2.34. The van der Waals surface area contributed by atoms with Crippen molar-refractivity contribution in [1.29, 1.82) is 0 Å². The summed E-state index contributed by atoms with van der Waals surface area (Å²) in [6.07, 6.45) is 1.29.